The predicted molar refractivity (Wildman–Crippen MR) is 71.9 cm³/mol. The Hall–Kier alpha value is -2.52. The fraction of sp³-hybridized carbons (Fsp3) is 0.0769. The molecule has 3 rings (SSSR count). The summed E-state index contributed by atoms with van der Waals surface area (Å²) >= 11 is 1.48. The van der Waals surface area contributed by atoms with Crippen molar-refractivity contribution in [2.24, 2.45) is 0 Å². The lowest BCUT2D eigenvalue weighted by Gasteiger charge is -2.06. The second-order valence-corrected chi connectivity index (χ2v) is 4.63. The van der Waals surface area contributed by atoms with E-state index in [9.17, 15) is 0 Å². The fourth-order valence-corrected chi connectivity index (χ4v) is 2.35. The van der Waals surface area contributed by atoms with E-state index in [-0.39, 0.29) is 0 Å². The lowest BCUT2D eigenvalue weighted by Crippen LogP contribution is -1.96. The lowest BCUT2D eigenvalue weighted by molar-refractivity contribution is 0.399. The molecule has 0 saturated heterocycles. The molecular formula is C13H8N4OS. The molecule has 0 aliphatic rings. The number of ether oxygens (including phenoxy) is 1. The van der Waals surface area contributed by atoms with Gasteiger partial charge < -0.3 is 4.74 Å². The van der Waals surface area contributed by atoms with Crippen LogP contribution in [-0.2, 0) is 0 Å². The highest BCUT2D eigenvalue weighted by atomic mass is 32.1. The maximum atomic E-state index is 8.89. The quantitative estimate of drug-likeness (QED) is 0.714. The number of hydrogen-bond acceptors (Lipinski definition) is 6. The molecule has 6 heteroatoms. The van der Waals surface area contributed by atoms with Crippen LogP contribution in [0.4, 0.5) is 0 Å². The summed E-state index contributed by atoms with van der Waals surface area (Å²) in [5.41, 5.74) is 2.52. The Bertz CT molecular complexity index is 777. The van der Waals surface area contributed by atoms with Gasteiger partial charge in [-0.1, -0.05) is 0 Å². The third-order valence-corrected chi connectivity index (χ3v) is 3.37. The molecule has 2 aromatic heterocycles. The third-order valence-electron chi connectivity index (χ3n) is 2.59. The molecule has 0 aliphatic carbocycles. The molecule has 0 unspecified atom stereocenters. The van der Waals surface area contributed by atoms with E-state index in [4.69, 9.17) is 10.00 Å². The molecule has 5 nitrogen and oxygen atoms in total. The maximum Gasteiger partial charge on any atom is 0.243 e. The zero-order chi connectivity index (χ0) is 13.2. The van der Waals surface area contributed by atoms with E-state index in [0.717, 1.165) is 5.01 Å². The Morgan fingerprint density at radius 1 is 1.26 bits per heavy atom. The summed E-state index contributed by atoms with van der Waals surface area (Å²) in [5.74, 6) is 0.414. The summed E-state index contributed by atoms with van der Waals surface area (Å²) in [6.45, 7) is 0. The summed E-state index contributed by atoms with van der Waals surface area (Å²) in [4.78, 5) is 13.1. The number of benzene rings is 1. The van der Waals surface area contributed by atoms with Crippen molar-refractivity contribution in [1.29, 1.82) is 5.26 Å². The number of methoxy groups -OCH3 is 1. The van der Waals surface area contributed by atoms with Crippen LogP contribution in [0.5, 0.6) is 5.88 Å². The van der Waals surface area contributed by atoms with E-state index in [1.165, 1.54) is 11.3 Å². The van der Waals surface area contributed by atoms with Crippen LogP contribution in [0.25, 0.3) is 21.7 Å². The second-order valence-electron chi connectivity index (χ2n) is 3.73. The van der Waals surface area contributed by atoms with Crippen molar-refractivity contribution in [3.05, 3.63) is 35.3 Å². The minimum atomic E-state index is 0.414. The first-order valence-corrected chi connectivity index (χ1v) is 6.35. The summed E-state index contributed by atoms with van der Waals surface area (Å²) in [7, 11) is 1.54. The van der Waals surface area contributed by atoms with Crippen LogP contribution in [0.1, 0.15) is 5.56 Å². The van der Waals surface area contributed by atoms with E-state index >= 15 is 0 Å². The number of nitriles is 1. The van der Waals surface area contributed by atoms with Gasteiger partial charge in [-0.05, 0) is 18.2 Å². The highest BCUT2D eigenvalue weighted by Gasteiger charge is 2.13. The Morgan fingerprint density at radius 3 is 2.84 bits per heavy atom. The van der Waals surface area contributed by atoms with Gasteiger partial charge in [-0.3, -0.25) is 0 Å². The normalized spacial score (nSPS) is 10.3. The Kier molecular flexibility index (Phi) is 2.82. The molecule has 0 fully saturated rings. The molecule has 2 heterocycles. The van der Waals surface area contributed by atoms with Crippen molar-refractivity contribution in [3.8, 4) is 22.7 Å². The number of aromatic nitrogens is 3. The van der Waals surface area contributed by atoms with Crippen molar-refractivity contribution in [2.45, 2.75) is 0 Å². The molecule has 0 amide bonds. The molecule has 0 spiro atoms. The first-order valence-electron chi connectivity index (χ1n) is 5.47. The molecule has 3 aromatic rings. The number of rotatable bonds is 2. The summed E-state index contributed by atoms with van der Waals surface area (Å²) in [5, 5.41) is 11.5. The summed E-state index contributed by atoms with van der Waals surface area (Å²) in [6.07, 6.45) is 1.71. The first-order chi connectivity index (χ1) is 9.31. The smallest absolute Gasteiger partial charge is 0.243 e. The Balaban J connectivity index is 2.27. The molecule has 0 saturated carbocycles. The van der Waals surface area contributed by atoms with Gasteiger partial charge in [-0.15, -0.1) is 11.3 Å². The molecule has 92 valence electrons. The van der Waals surface area contributed by atoms with E-state index in [1.807, 2.05) is 5.38 Å². The number of fused-ring (bicyclic) bond motifs is 1. The first kappa shape index (κ1) is 11.6. The van der Waals surface area contributed by atoms with Gasteiger partial charge in [0.05, 0.1) is 29.8 Å². The van der Waals surface area contributed by atoms with Crippen LogP contribution < -0.4 is 4.74 Å². The van der Waals surface area contributed by atoms with Gasteiger partial charge in [0, 0.05) is 11.6 Å². The molecule has 0 aliphatic heterocycles. The van der Waals surface area contributed by atoms with Crippen LogP contribution >= 0.6 is 11.3 Å². The van der Waals surface area contributed by atoms with Gasteiger partial charge in [-0.2, -0.15) is 5.26 Å². The Morgan fingerprint density at radius 2 is 2.16 bits per heavy atom. The predicted octanol–water partition coefficient (Wildman–Crippen LogP) is 2.63. The van der Waals surface area contributed by atoms with Gasteiger partial charge in [-0.25, -0.2) is 15.0 Å². The van der Waals surface area contributed by atoms with Crippen LogP contribution in [-0.4, -0.2) is 22.1 Å². The average Bonchev–Trinajstić information content (AvgIpc) is 2.99. The monoisotopic (exact) mass is 268 g/mol. The zero-order valence-electron chi connectivity index (χ0n) is 9.99. The molecule has 0 bridgehead atoms. The van der Waals surface area contributed by atoms with Crippen LogP contribution in [0, 0.1) is 11.3 Å². The number of hydrogen-bond donors (Lipinski definition) is 0. The van der Waals surface area contributed by atoms with Gasteiger partial charge in [0.15, 0.2) is 5.69 Å². The highest BCUT2D eigenvalue weighted by molar-refractivity contribution is 7.13. The molecule has 1 aromatic carbocycles. The number of nitrogens with zero attached hydrogens (tertiary/aromatic N) is 4. The Labute approximate surface area is 113 Å². The van der Waals surface area contributed by atoms with Crippen molar-refractivity contribution in [3.63, 3.8) is 0 Å². The van der Waals surface area contributed by atoms with Crippen LogP contribution in [0.15, 0.2) is 29.8 Å². The summed E-state index contributed by atoms with van der Waals surface area (Å²) < 4.78 is 5.26. The fourth-order valence-electron chi connectivity index (χ4n) is 1.73. The second kappa shape index (κ2) is 4.63. The van der Waals surface area contributed by atoms with Gasteiger partial charge in [0.1, 0.15) is 5.01 Å². The maximum absolute atomic E-state index is 8.89. The molecule has 0 radical (unpaired) electrons. The van der Waals surface area contributed by atoms with E-state index in [1.54, 1.807) is 31.5 Å². The number of thiazole rings is 1. The topological polar surface area (TPSA) is 71.7 Å². The zero-order valence-corrected chi connectivity index (χ0v) is 10.8. The van der Waals surface area contributed by atoms with E-state index < -0.39 is 0 Å². The van der Waals surface area contributed by atoms with Crippen LogP contribution in [0.2, 0.25) is 0 Å². The molecular weight excluding hydrogens is 260 g/mol. The van der Waals surface area contributed by atoms with Crippen molar-refractivity contribution in [2.75, 3.05) is 7.11 Å². The molecule has 19 heavy (non-hydrogen) atoms. The largest absolute Gasteiger partial charge is 0.479 e. The minimum absolute atomic E-state index is 0.414. The van der Waals surface area contributed by atoms with Crippen molar-refractivity contribution in [1.82, 2.24) is 15.0 Å². The third kappa shape index (κ3) is 2.00. The average molecular weight is 268 g/mol. The minimum Gasteiger partial charge on any atom is -0.479 e. The lowest BCUT2D eigenvalue weighted by atomic mass is 10.2. The van der Waals surface area contributed by atoms with Crippen molar-refractivity contribution >= 4 is 22.4 Å². The molecule has 0 N–H and O–H groups in total. The summed E-state index contributed by atoms with van der Waals surface area (Å²) in [6, 6.07) is 7.26. The standard InChI is InChI=1S/C13H8N4OS/c1-18-12-11(13-15-4-5-19-13)16-9-3-2-8(7-14)6-10(9)17-12/h2-6H,1H3. The van der Waals surface area contributed by atoms with Gasteiger partial charge in [0.2, 0.25) is 5.88 Å². The van der Waals surface area contributed by atoms with E-state index in [0.29, 0.717) is 28.2 Å². The van der Waals surface area contributed by atoms with E-state index in [2.05, 4.69) is 21.0 Å². The molecule has 0 atom stereocenters. The van der Waals surface area contributed by atoms with Crippen molar-refractivity contribution < 1.29 is 4.74 Å². The highest BCUT2D eigenvalue weighted by Crippen LogP contribution is 2.29. The van der Waals surface area contributed by atoms with Gasteiger partial charge >= 0.3 is 0 Å². The SMILES string of the molecule is COc1nc2cc(C#N)ccc2nc1-c1nccs1. The van der Waals surface area contributed by atoms with Crippen LogP contribution in [0.3, 0.4) is 0 Å². The van der Waals surface area contributed by atoms with Gasteiger partial charge in [0.25, 0.3) is 0 Å².